The average molecular weight is 426 g/mol. The number of likely N-dealkylation sites (tertiary alicyclic amines) is 1. The number of ether oxygens (including phenoxy) is 3. The summed E-state index contributed by atoms with van der Waals surface area (Å²) in [6, 6.07) is 3.63. The molecule has 1 aromatic carbocycles. The Balaban J connectivity index is 0.00000205. The zero-order valence-corrected chi connectivity index (χ0v) is 17.5. The Morgan fingerprint density at radius 2 is 2.00 bits per heavy atom. The number of hydrogen-bond acceptors (Lipinski definition) is 6. The van der Waals surface area contributed by atoms with Gasteiger partial charge in [0.15, 0.2) is 11.5 Å². The summed E-state index contributed by atoms with van der Waals surface area (Å²) in [5.41, 5.74) is 0.338. The second-order valence-corrected chi connectivity index (χ2v) is 8.52. The van der Waals surface area contributed by atoms with Crippen molar-refractivity contribution in [2.45, 2.75) is 68.9 Å². The first-order chi connectivity index (χ1) is 13.3. The molecule has 2 aliphatic heterocycles. The van der Waals surface area contributed by atoms with Gasteiger partial charge in [0, 0.05) is 19.4 Å². The molecular weight excluding hydrogens is 401 g/mol. The molecule has 1 spiro atoms. The zero-order chi connectivity index (χ0) is 19.8. The van der Waals surface area contributed by atoms with Crippen molar-refractivity contribution >= 4 is 24.3 Å². The van der Waals surface area contributed by atoms with E-state index in [4.69, 9.17) is 14.2 Å². The minimum absolute atomic E-state index is 0. The summed E-state index contributed by atoms with van der Waals surface area (Å²) in [6.45, 7) is 3.51. The summed E-state index contributed by atoms with van der Waals surface area (Å²) in [5.74, 6) is -0.0471. The number of carbonyl (C=O) groups is 2. The minimum Gasteiger partial charge on any atom is -0.482 e. The van der Waals surface area contributed by atoms with Gasteiger partial charge in [-0.05, 0) is 50.9 Å². The van der Waals surface area contributed by atoms with Gasteiger partial charge in [0.05, 0.1) is 11.5 Å². The molecule has 158 valence electrons. The highest BCUT2D eigenvalue weighted by molar-refractivity contribution is 5.85. The summed E-state index contributed by atoms with van der Waals surface area (Å²) in [7, 11) is 2.04. The van der Waals surface area contributed by atoms with Crippen LogP contribution in [0, 0.1) is 0 Å². The van der Waals surface area contributed by atoms with E-state index in [2.05, 4.69) is 4.90 Å². The average Bonchev–Trinajstić information content (AvgIpc) is 2.97. The smallest absolute Gasteiger partial charge is 0.308 e. The first-order valence-corrected chi connectivity index (χ1v) is 9.85. The Kier molecular flexibility index (Phi) is 4.63. The molecule has 8 heteroatoms. The van der Waals surface area contributed by atoms with Crippen molar-refractivity contribution < 1.29 is 28.2 Å². The number of benzene rings is 1. The topological polar surface area (TPSA) is 65.1 Å². The summed E-state index contributed by atoms with van der Waals surface area (Å²) in [5, 5.41) is 0. The lowest BCUT2D eigenvalue weighted by Crippen LogP contribution is -2.77. The van der Waals surface area contributed by atoms with Crippen LogP contribution >= 0.6 is 12.4 Å². The number of likely N-dealkylation sites (N-methyl/N-ethyl adjacent to an activating group) is 1. The third-order valence-corrected chi connectivity index (χ3v) is 7.18. The molecule has 0 aromatic heterocycles. The van der Waals surface area contributed by atoms with Crippen LogP contribution < -0.4 is 9.47 Å². The Bertz CT molecular complexity index is 894. The number of halogens is 2. The van der Waals surface area contributed by atoms with E-state index in [1.165, 1.54) is 13.8 Å². The third kappa shape index (κ3) is 2.43. The maximum Gasteiger partial charge on any atom is 0.308 e. The molecule has 0 N–H and O–H groups in total. The van der Waals surface area contributed by atoms with Gasteiger partial charge in [-0.3, -0.25) is 14.5 Å². The normalized spacial score (nSPS) is 36.3. The maximum atomic E-state index is 15.2. The standard InChI is InChI=1S/C21H24FNO5.ClH/c1-11(24)26-15-5-4-13-10-16-21(28-12(2)25)7-6-14(22)19-20(21,8-9-23(16)3)17(13)18(15)27-19;/h4-5,14,16,19H,6-10H2,1-3H3;1H/t14-,16?,19?,20?,21?;/m1./s1. The maximum absolute atomic E-state index is 15.2. The van der Waals surface area contributed by atoms with E-state index in [1.54, 1.807) is 6.07 Å². The molecule has 2 heterocycles. The molecule has 5 rings (SSSR count). The van der Waals surface area contributed by atoms with E-state index in [0.717, 1.165) is 17.7 Å². The van der Waals surface area contributed by atoms with E-state index in [9.17, 15) is 9.59 Å². The van der Waals surface area contributed by atoms with E-state index in [-0.39, 0.29) is 30.8 Å². The number of alkyl halides is 1. The third-order valence-electron chi connectivity index (χ3n) is 7.18. The quantitative estimate of drug-likeness (QED) is 0.536. The van der Waals surface area contributed by atoms with Crippen LogP contribution in [-0.4, -0.2) is 54.3 Å². The van der Waals surface area contributed by atoms with Crippen molar-refractivity contribution in [3.05, 3.63) is 23.3 Å². The van der Waals surface area contributed by atoms with E-state index >= 15 is 4.39 Å². The SMILES string of the molecule is CC(=O)Oc1ccc2c3c1OC1[C@H](F)CCC4(OC(C)=O)C(C2)N(C)CCC314.Cl. The highest BCUT2D eigenvalue weighted by atomic mass is 35.5. The number of esters is 2. The fraction of sp³-hybridized carbons (Fsp3) is 0.619. The highest BCUT2D eigenvalue weighted by Crippen LogP contribution is 2.66. The lowest BCUT2D eigenvalue weighted by molar-refractivity contribution is -0.221. The molecule has 2 bridgehead atoms. The van der Waals surface area contributed by atoms with Gasteiger partial charge in [-0.15, -0.1) is 12.4 Å². The number of rotatable bonds is 2. The van der Waals surface area contributed by atoms with Crippen LogP contribution in [0.25, 0.3) is 0 Å². The zero-order valence-electron chi connectivity index (χ0n) is 16.7. The van der Waals surface area contributed by atoms with Crippen LogP contribution in [0.15, 0.2) is 12.1 Å². The minimum atomic E-state index is -1.17. The Morgan fingerprint density at radius 1 is 1.24 bits per heavy atom. The molecular formula is C21H25ClFNO5. The Hall–Kier alpha value is -1.86. The molecule has 2 fully saturated rings. The molecule has 1 saturated heterocycles. The molecule has 1 aromatic rings. The molecule has 4 unspecified atom stereocenters. The first-order valence-electron chi connectivity index (χ1n) is 9.85. The van der Waals surface area contributed by atoms with Crippen molar-refractivity contribution in [1.29, 1.82) is 0 Å². The lowest BCUT2D eigenvalue weighted by Gasteiger charge is -2.64. The predicted octanol–water partition coefficient (Wildman–Crippen LogP) is 2.73. The molecule has 2 aliphatic carbocycles. The van der Waals surface area contributed by atoms with E-state index in [1.807, 2.05) is 13.1 Å². The van der Waals surface area contributed by atoms with Crippen molar-refractivity contribution in [2.75, 3.05) is 13.6 Å². The van der Waals surface area contributed by atoms with Gasteiger partial charge < -0.3 is 14.2 Å². The molecule has 5 atom stereocenters. The lowest BCUT2D eigenvalue weighted by atomic mass is 9.48. The molecule has 0 radical (unpaired) electrons. The van der Waals surface area contributed by atoms with Gasteiger partial charge in [-0.2, -0.15) is 0 Å². The van der Waals surface area contributed by atoms with Gasteiger partial charge in [-0.1, -0.05) is 6.07 Å². The highest BCUT2D eigenvalue weighted by Gasteiger charge is 2.75. The van der Waals surface area contributed by atoms with Gasteiger partial charge in [0.1, 0.15) is 17.9 Å². The summed E-state index contributed by atoms with van der Waals surface area (Å²) in [6.07, 6.45) is 0.123. The monoisotopic (exact) mass is 425 g/mol. The number of carbonyl (C=O) groups excluding carboxylic acids is 2. The summed E-state index contributed by atoms with van der Waals surface area (Å²) >= 11 is 0. The number of piperidine rings is 1. The second kappa shape index (κ2) is 6.57. The van der Waals surface area contributed by atoms with Crippen molar-refractivity contribution in [3.8, 4) is 11.5 Å². The summed E-state index contributed by atoms with van der Waals surface area (Å²) < 4.78 is 32.9. The van der Waals surface area contributed by atoms with Gasteiger partial charge in [0.2, 0.25) is 0 Å². The van der Waals surface area contributed by atoms with Crippen LogP contribution in [0.4, 0.5) is 4.39 Å². The van der Waals surface area contributed by atoms with Crippen LogP contribution in [0.5, 0.6) is 11.5 Å². The van der Waals surface area contributed by atoms with Gasteiger partial charge in [-0.25, -0.2) is 4.39 Å². The van der Waals surface area contributed by atoms with Crippen molar-refractivity contribution in [1.82, 2.24) is 4.90 Å². The molecule has 4 aliphatic rings. The van der Waals surface area contributed by atoms with Crippen LogP contribution in [0.2, 0.25) is 0 Å². The predicted molar refractivity (Wildman–Crippen MR) is 104 cm³/mol. The number of nitrogens with zero attached hydrogens (tertiary/aromatic N) is 1. The molecule has 1 saturated carbocycles. The second-order valence-electron chi connectivity index (χ2n) is 8.52. The van der Waals surface area contributed by atoms with Gasteiger partial charge >= 0.3 is 11.9 Å². The first kappa shape index (κ1) is 20.4. The van der Waals surface area contributed by atoms with Crippen LogP contribution in [0.3, 0.4) is 0 Å². The Morgan fingerprint density at radius 3 is 2.69 bits per heavy atom. The molecule has 29 heavy (non-hydrogen) atoms. The van der Waals surface area contributed by atoms with Crippen LogP contribution in [0.1, 0.15) is 44.2 Å². The van der Waals surface area contributed by atoms with Crippen LogP contribution in [-0.2, 0) is 26.2 Å². The van der Waals surface area contributed by atoms with Crippen molar-refractivity contribution in [2.24, 2.45) is 0 Å². The number of hydrogen-bond donors (Lipinski definition) is 0. The van der Waals surface area contributed by atoms with Crippen molar-refractivity contribution in [3.63, 3.8) is 0 Å². The van der Waals surface area contributed by atoms with E-state index < -0.39 is 29.3 Å². The Labute approximate surface area is 175 Å². The largest absolute Gasteiger partial charge is 0.482 e. The van der Waals surface area contributed by atoms with E-state index in [0.29, 0.717) is 30.8 Å². The fourth-order valence-corrected chi connectivity index (χ4v) is 6.35. The van der Waals surface area contributed by atoms with Gasteiger partial charge in [0.25, 0.3) is 0 Å². The molecule has 6 nitrogen and oxygen atoms in total. The molecule has 0 amide bonds. The summed E-state index contributed by atoms with van der Waals surface area (Å²) in [4.78, 5) is 26.0. The fourth-order valence-electron chi connectivity index (χ4n) is 6.35.